The number of aromatic nitrogens is 1. The maximum atomic E-state index is 11.4. The third-order valence-electron chi connectivity index (χ3n) is 4.58. The van der Waals surface area contributed by atoms with E-state index >= 15 is 0 Å². The lowest BCUT2D eigenvalue weighted by Crippen LogP contribution is -2.14. The second kappa shape index (κ2) is 4.58. The van der Waals surface area contributed by atoms with E-state index in [4.69, 9.17) is 15.1 Å². The first-order valence-electron chi connectivity index (χ1n) is 7.42. The van der Waals surface area contributed by atoms with Gasteiger partial charge < -0.3 is 15.3 Å². The molecule has 0 aliphatic heterocycles. The zero-order chi connectivity index (χ0) is 16.4. The number of nitrogens with zero attached hydrogens (tertiary/aromatic N) is 1. The van der Waals surface area contributed by atoms with E-state index in [2.05, 4.69) is 13.8 Å². The van der Waals surface area contributed by atoms with Gasteiger partial charge >= 0.3 is 5.97 Å². The van der Waals surface area contributed by atoms with Crippen molar-refractivity contribution in [3.05, 3.63) is 34.5 Å². The summed E-state index contributed by atoms with van der Waals surface area (Å²) in [6.07, 6.45) is 3.51. The Labute approximate surface area is 136 Å². The summed E-state index contributed by atoms with van der Waals surface area (Å²) in [5.41, 5.74) is 9.45. The van der Waals surface area contributed by atoms with E-state index in [0.717, 1.165) is 41.0 Å². The third-order valence-corrected chi connectivity index (χ3v) is 5.67. The number of pyridine rings is 1. The SMILES string of the molecule is CC1(C)CCc2c1nc1sc(C(=O)O)c(N)c1c2-c1ccco1. The highest BCUT2D eigenvalue weighted by molar-refractivity contribution is 7.21. The Morgan fingerprint density at radius 3 is 2.91 bits per heavy atom. The standard InChI is InChI=1S/C17H16N2O3S/c1-17(2)6-5-8-10(9-4-3-7-22-9)11-12(18)13(16(20)21)23-15(11)19-14(8)17/h3-4,7H,5-6,18H2,1-2H3,(H,20,21). The average Bonchev–Trinajstić information content (AvgIpc) is 3.18. The first-order valence-corrected chi connectivity index (χ1v) is 8.24. The molecule has 3 aromatic rings. The van der Waals surface area contributed by atoms with E-state index in [0.29, 0.717) is 16.0 Å². The second-order valence-corrected chi connectivity index (χ2v) is 7.50. The molecule has 0 bridgehead atoms. The lowest BCUT2D eigenvalue weighted by molar-refractivity contribution is 0.0703. The van der Waals surface area contributed by atoms with E-state index in [9.17, 15) is 9.90 Å². The first kappa shape index (κ1) is 14.3. The molecule has 3 heterocycles. The lowest BCUT2D eigenvalue weighted by atomic mass is 9.89. The smallest absolute Gasteiger partial charge is 0.348 e. The summed E-state index contributed by atoms with van der Waals surface area (Å²) < 4.78 is 5.62. The third kappa shape index (κ3) is 1.91. The molecule has 0 aromatic carbocycles. The van der Waals surface area contributed by atoms with Crippen molar-refractivity contribution in [2.24, 2.45) is 0 Å². The van der Waals surface area contributed by atoms with Crippen LogP contribution in [0.5, 0.6) is 0 Å². The zero-order valence-electron chi connectivity index (χ0n) is 12.8. The Bertz CT molecular complexity index is 939. The summed E-state index contributed by atoms with van der Waals surface area (Å²) in [6.45, 7) is 4.33. The van der Waals surface area contributed by atoms with E-state index in [1.54, 1.807) is 6.26 Å². The van der Waals surface area contributed by atoms with Gasteiger partial charge in [-0.1, -0.05) is 13.8 Å². The molecule has 1 aliphatic rings. The van der Waals surface area contributed by atoms with Gasteiger partial charge in [0.15, 0.2) is 0 Å². The van der Waals surface area contributed by atoms with Crippen molar-refractivity contribution in [3.8, 4) is 11.3 Å². The number of fused-ring (bicyclic) bond motifs is 2. The summed E-state index contributed by atoms with van der Waals surface area (Å²) >= 11 is 1.13. The van der Waals surface area contributed by atoms with Crippen LogP contribution in [0, 0.1) is 0 Å². The van der Waals surface area contributed by atoms with Crippen LogP contribution in [0.25, 0.3) is 21.5 Å². The largest absolute Gasteiger partial charge is 0.477 e. The van der Waals surface area contributed by atoms with E-state index in [1.165, 1.54) is 0 Å². The molecule has 0 fully saturated rings. The summed E-state index contributed by atoms with van der Waals surface area (Å²) in [6, 6.07) is 3.71. The van der Waals surface area contributed by atoms with Crippen LogP contribution in [0.15, 0.2) is 22.8 Å². The fourth-order valence-corrected chi connectivity index (χ4v) is 4.34. The van der Waals surface area contributed by atoms with Crippen LogP contribution < -0.4 is 5.73 Å². The van der Waals surface area contributed by atoms with Gasteiger partial charge in [-0.05, 0) is 30.5 Å². The van der Waals surface area contributed by atoms with E-state index < -0.39 is 5.97 Å². The molecule has 6 heteroatoms. The summed E-state index contributed by atoms with van der Waals surface area (Å²) in [4.78, 5) is 17.0. The van der Waals surface area contributed by atoms with Gasteiger partial charge in [-0.3, -0.25) is 0 Å². The highest BCUT2D eigenvalue weighted by Crippen LogP contribution is 2.48. The van der Waals surface area contributed by atoms with Crippen LogP contribution in [0.2, 0.25) is 0 Å². The topological polar surface area (TPSA) is 89.3 Å². The van der Waals surface area contributed by atoms with Crippen LogP contribution in [-0.2, 0) is 11.8 Å². The highest BCUT2D eigenvalue weighted by Gasteiger charge is 2.36. The Morgan fingerprint density at radius 2 is 2.26 bits per heavy atom. The fraction of sp³-hybridized carbons (Fsp3) is 0.294. The van der Waals surface area contributed by atoms with Gasteiger partial charge in [0, 0.05) is 16.4 Å². The number of aromatic carboxylic acids is 1. The van der Waals surface area contributed by atoms with Crippen molar-refractivity contribution in [2.75, 3.05) is 5.73 Å². The number of carbonyl (C=O) groups is 1. The predicted octanol–water partition coefficient (Wildman–Crippen LogP) is 4.06. The monoisotopic (exact) mass is 328 g/mol. The van der Waals surface area contributed by atoms with Gasteiger partial charge in [-0.15, -0.1) is 11.3 Å². The van der Waals surface area contributed by atoms with Crippen molar-refractivity contribution >= 4 is 33.2 Å². The van der Waals surface area contributed by atoms with Crippen molar-refractivity contribution in [1.82, 2.24) is 4.98 Å². The number of thiophene rings is 1. The fourth-order valence-electron chi connectivity index (χ4n) is 3.40. The molecule has 118 valence electrons. The van der Waals surface area contributed by atoms with Gasteiger partial charge in [0.1, 0.15) is 15.5 Å². The molecule has 0 saturated carbocycles. The van der Waals surface area contributed by atoms with Crippen molar-refractivity contribution in [3.63, 3.8) is 0 Å². The molecule has 0 amide bonds. The maximum absolute atomic E-state index is 11.4. The molecule has 1 aliphatic carbocycles. The summed E-state index contributed by atoms with van der Waals surface area (Å²) in [7, 11) is 0. The number of anilines is 1. The minimum Gasteiger partial charge on any atom is -0.477 e. The number of carboxylic acid groups (broad SMARTS) is 1. The van der Waals surface area contributed by atoms with Gasteiger partial charge in [-0.2, -0.15) is 0 Å². The molecule has 0 radical (unpaired) electrons. The van der Waals surface area contributed by atoms with E-state index in [1.807, 2.05) is 12.1 Å². The van der Waals surface area contributed by atoms with Crippen LogP contribution in [0.3, 0.4) is 0 Å². The minimum atomic E-state index is -1.02. The molecule has 23 heavy (non-hydrogen) atoms. The number of hydrogen-bond donors (Lipinski definition) is 2. The molecular weight excluding hydrogens is 312 g/mol. The normalized spacial score (nSPS) is 15.9. The Balaban J connectivity index is 2.17. The number of carboxylic acids is 1. The molecule has 0 saturated heterocycles. The van der Waals surface area contributed by atoms with Gasteiger partial charge in [-0.25, -0.2) is 9.78 Å². The van der Waals surface area contributed by atoms with Crippen LogP contribution in [-0.4, -0.2) is 16.1 Å². The van der Waals surface area contributed by atoms with Gasteiger partial charge in [0.2, 0.25) is 0 Å². The maximum Gasteiger partial charge on any atom is 0.348 e. The molecule has 0 spiro atoms. The zero-order valence-corrected chi connectivity index (χ0v) is 13.7. The van der Waals surface area contributed by atoms with Crippen LogP contribution in [0.1, 0.15) is 41.2 Å². The minimum absolute atomic E-state index is 0.0347. The van der Waals surface area contributed by atoms with Gasteiger partial charge in [0.05, 0.1) is 17.6 Å². The summed E-state index contributed by atoms with van der Waals surface area (Å²) in [5.74, 6) is -0.303. The summed E-state index contributed by atoms with van der Waals surface area (Å²) in [5, 5.41) is 10.1. The Kier molecular flexibility index (Phi) is 2.84. The van der Waals surface area contributed by atoms with E-state index in [-0.39, 0.29) is 16.0 Å². The molecule has 5 nitrogen and oxygen atoms in total. The number of rotatable bonds is 2. The van der Waals surface area contributed by atoms with Crippen molar-refractivity contribution < 1.29 is 14.3 Å². The predicted molar refractivity (Wildman–Crippen MR) is 90.0 cm³/mol. The van der Waals surface area contributed by atoms with Crippen LogP contribution >= 0.6 is 11.3 Å². The second-order valence-electron chi connectivity index (χ2n) is 6.51. The lowest BCUT2D eigenvalue weighted by Gasteiger charge is -2.18. The quantitative estimate of drug-likeness (QED) is 0.740. The highest BCUT2D eigenvalue weighted by atomic mass is 32.1. The molecule has 0 unspecified atom stereocenters. The number of nitrogens with two attached hydrogens (primary N) is 1. The molecule has 3 aromatic heterocycles. The van der Waals surface area contributed by atoms with Crippen molar-refractivity contribution in [1.29, 1.82) is 0 Å². The first-order chi connectivity index (χ1) is 10.9. The number of hydrogen-bond acceptors (Lipinski definition) is 5. The Hall–Kier alpha value is -2.34. The average molecular weight is 328 g/mol. The van der Waals surface area contributed by atoms with Crippen LogP contribution in [0.4, 0.5) is 5.69 Å². The molecule has 4 rings (SSSR count). The molecular formula is C17H16N2O3S. The van der Waals surface area contributed by atoms with Gasteiger partial charge in [0.25, 0.3) is 0 Å². The Morgan fingerprint density at radius 1 is 1.48 bits per heavy atom. The molecule has 3 N–H and O–H groups in total. The number of furan rings is 1. The molecule has 0 atom stereocenters. The number of nitrogen functional groups attached to an aromatic ring is 1. The van der Waals surface area contributed by atoms with Crippen molar-refractivity contribution in [2.45, 2.75) is 32.1 Å².